The molecule has 1 N–H and O–H groups in total. The topological polar surface area (TPSA) is 63.3 Å². The number of carboxylic acids is 1. The monoisotopic (exact) mass is 239 g/mol. The average molecular weight is 240 g/mol. The predicted octanol–water partition coefficient (Wildman–Crippen LogP) is 2.74. The number of aliphatic carboxylic acids is 1. The van der Waals surface area contributed by atoms with Gasteiger partial charge in [-0.3, -0.25) is 4.79 Å². The molecule has 0 amide bonds. The fraction of sp³-hybridized carbons (Fsp3) is 0.273. The predicted molar refractivity (Wildman–Crippen MR) is 59.5 cm³/mol. The fourth-order valence-electron chi connectivity index (χ4n) is 1.48. The van der Waals surface area contributed by atoms with Gasteiger partial charge in [0.15, 0.2) is 0 Å². The summed E-state index contributed by atoms with van der Waals surface area (Å²) in [6.07, 6.45) is 0.327. The highest BCUT2D eigenvalue weighted by Crippen LogP contribution is 2.23. The number of carboxylic acid groups (broad SMARTS) is 1. The third kappa shape index (κ3) is 2.02. The minimum absolute atomic E-state index is 0.327. The molecule has 1 unspecified atom stereocenters. The van der Waals surface area contributed by atoms with Crippen LogP contribution in [-0.2, 0) is 11.2 Å². The van der Waals surface area contributed by atoms with Crippen LogP contribution in [0, 0.1) is 5.92 Å². The standard InChI is InChI=1S/C11H10ClNO3/c1-6(11(14)15)4-10-8-3-2-7(12)5-9(8)13-16-10/h2-3,5-6H,4H2,1H3,(H,14,15). The highest BCUT2D eigenvalue weighted by atomic mass is 35.5. The molecule has 1 heterocycles. The lowest BCUT2D eigenvalue weighted by Gasteiger charge is -2.01. The van der Waals surface area contributed by atoms with Crippen LogP contribution in [0.2, 0.25) is 5.02 Å². The summed E-state index contributed by atoms with van der Waals surface area (Å²) in [7, 11) is 0. The second-order valence-electron chi connectivity index (χ2n) is 3.71. The van der Waals surface area contributed by atoms with Gasteiger partial charge in [0.05, 0.1) is 5.92 Å². The summed E-state index contributed by atoms with van der Waals surface area (Å²) in [5, 5.41) is 14.1. The van der Waals surface area contributed by atoms with Gasteiger partial charge in [-0.1, -0.05) is 23.7 Å². The molecule has 4 nitrogen and oxygen atoms in total. The van der Waals surface area contributed by atoms with E-state index in [9.17, 15) is 4.79 Å². The molecular weight excluding hydrogens is 230 g/mol. The van der Waals surface area contributed by atoms with E-state index in [0.29, 0.717) is 22.7 Å². The van der Waals surface area contributed by atoms with Crippen molar-refractivity contribution in [2.45, 2.75) is 13.3 Å². The zero-order valence-corrected chi connectivity index (χ0v) is 9.36. The van der Waals surface area contributed by atoms with Crippen LogP contribution in [0.15, 0.2) is 22.7 Å². The number of hydrogen-bond acceptors (Lipinski definition) is 3. The van der Waals surface area contributed by atoms with Gasteiger partial charge in [0.1, 0.15) is 11.3 Å². The molecule has 1 aromatic carbocycles. The van der Waals surface area contributed by atoms with Crippen molar-refractivity contribution in [2.24, 2.45) is 5.92 Å². The van der Waals surface area contributed by atoms with Crippen LogP contribution in [0.1, 0.15) is 12.7 Å². The van der Waals surface area contributed by atoms with Gasteiger partial charge in [0, 0.05) is 16.8 Å². The zero-order valence-electron chi connectivity index (χ0n) is 8.61. The number of fused-ring (bicyclic) bond motifs is 1. The van der Waals surface area contributed by atoms with Crippen molar-refractivity contribution in [3.63, 3.8) is 0 Å². The molecule has 16 heavy (non-hydrogen) atoms. The Balaban J connectivity index is 2.35. The third-order valence-corrected chi connectivity index (χ3v) is 2.66. The molecule has 0 bridgehead atoms. The summed E-state index contributed by atoms with van der Waals surface area (Å²) in [6, 6.07) is 5.21. The maximum atomic E-state index is 10.7. The number of benzene rings is 1. The molecule has 2 aromatic rings. The second-order valence-corrected chi connectivity index (χ2v) is 4.15. The lowest BCUT2D eigenvalue weighted by molar-refractivity contribution is -0.141. The van der Waals surface area contributed by atoms with E-state index in [1.54, 1.807) is 25.1 Å². The van der Waals surface area contributed by atoms with Crippen molar-refractivity contribution in [1.29, 1.82) is 0 Å². The van der Waals surface area contributed by atoms with Crippen LogP contribution in [0.3, 0.4) is 0 Å². The molecule has 1 atom stereocenters. The van der Waals surface area contributed by atoms with Gasteiger partial charge in [-0.05, 0) is 18.2 Å². The largest absolute Gasteiger partial charge is 0.481 e. The molecule has 84 valence electrons. The van der Waals surface area contributed by atoms with E-state index in [2.05, 4.69) is 5.16 Å². The highest BCUT2D eigenvalue weighted by molar-refractivity contribution is 6.31. The fourth-order valence-corrected chi connectivity index (χ4v) is 1.65. The molecule has 0 saturated heterocycles. The van der Waals surface area contributed by atoms with Crippen LogP contribution < -0.4 is 0 Å². The van der Waals surface area contributed by atoms with Gasteiger partial charge >= 0.3 is 5.97 Å². The van der Waals surface area contributed by atoms with E-state index in [1.807, 2.05) is 0 Å². The van der Waals surface area contributed by atoms with Crippen LogP contribution in [0.4, 0.5) is 0 Å². The van der Waals surface area contributed by atoms with E-state index in [-0.39, 0.29) is 0 Å². The smallest absolute Gasteiger partial charge is 0.306 e. The Hall–Kier alpha value is -1.55. The van der Waals surface area contributed by atoms with Gasteiger partial charge in [0.2, 0.25) is 0 Å². The van der Waals surface area contributed by atoms with E-state index < -0.39 is 11.9 Å². The lowest BCUT2D eigenvalue weighted by Crippen LogP contribution is -2.11. The summed E-state index contributed by atoms with van der Waals surface area (Å²) >= 11 is 5.81. The Labute approximate surface area is 96.8 Å². The summed E-state index contributed by atoms with van der Waals surface area (Å²) in [5.74, 6) is -0.757. The summed E-state index contributed by atoms with van der Waals surface area (Å²) in [6.45, 7) is 1.63. The Morgan fingerprint density at radius 3 is 3.06 bits per heavy atom. The van der Waals surface area contributed by atoms with Gasteiger partial charge in [-0.25, -0.2) is 0 Å². The lowest BCUT2D eigenvalue weighted by atomic mass is 10.0. The maximum Gasteiger partial charge on any atom is 0.306 e. The number of carbonyl (C=O) groups is 1. The van der Waals surface area contributed by atoms with Gasteiger partial charge < -0.3 is 9.63 Å². The number of rotatable bonds is 3. The number of halogens is 1. The van der Waals surface area contributed by atoms with Crippen LogP contribution in [-0.4, -0.2) is 16.2 Å². The number of nitrogens with zero attached hydrogens (tertiary/aromatic N) is 1. The first-order valence-electron chi connectivity index (χ1n) is 4.84. The first-order chi connectivity index (χ1) is 7.58. The average Bonchev–Trinajstić information content (AvgIpc) is 2.60. The maximum absolute atomic E-state index is 10.7. The van der Waals surface area contributed by atoms with Gasteiger partial charge in [0.25, 0.3) is 0 Å². The van der Waals surface area contributed by atoms with Crippen molar-refractivity contribution in [3.05, 3.63) is 29.0 Å². The van der Waals surface area contributed by atoms with Gasteiger partial charge in [-0.15, -0.1) is 0 Å². The Morgan fingerprint density at radius 2 is 2.38 bits per heavy atom. The molecule has 0 spiro atoms. The molecule has 0 fully saturated rings. The van der Waals surface area contributed by atoms with Crippen molar-refractivity contribution >= 4 is 28.5 Å². The number of aromatic nitrogens is 1. The number of hydrogen-bond donors (Lipinski definition) is 1. The first kappa shape index (κ1) is 11.0. The van der Waals surface area contributed by atoms with Crippen LogP contribution in [0.5, 0.6) is 0 Å². The summed E-state index contributed by atoms with van der Waals surface area (Å²) in [4.78, 5) is 10.7. The van der Waals surface area contributed by atoms with Crippen molar-refractivity contribution in [3.8, 4) is 0 Å². The van der Waals surface area contributed by atoms with Crippen molar-refractivity contribution in [1.82, 2.24) is 5.16 Å². The highest BCUT2D eigenvalue weighted by Gasteiger charge is 2.17. The molecular formula is C11H10ClNO3. The van der Waals surface area contributed by atoms with E-state index >= 15 is 0 Å². The minimum Gasteiger partial charge on any atom is -0.481 e. The van der Waals surface area contributed by atoms with E-state index in [1.165, 1.54) is 0 Å². The SMILES string of the molecule is CC(Cc1onc2cc(Cl)ccc12)C(=O)O. The summed E-state index contributed by atoms with van der Waals surface area (Å²) in [5.41, 5.74) is 0.653. The minimum atomic E-state index is -0.849. The zero-order chi connectivity index (χ0) is 11.7. The Morgan fingerprint density at radius 1 is 1.62 bits per heavy atom. The van der Waals surface area contributed by atoms with Crippen LogP contribution in [0.25, 0.3) is 10.9 Å². The van der Waals surface area contributed by atoms with E-state index in [4.69, 9.17) is 21.2 Å². The molecule has 0 aliphatic rings. The Kier molecular flexibility index (Phi) is 2.83. The molecule has 0 radical (unpaired) electrons. The second kappa shape index (κ2) is 4.14. The first-order valence-corrected chi connectivity index (χ1v) is 5.22. The Bertz CT molecular complexity index is 535. The molecule has 0 aliphatic carbocycles. The molecule has 0 aliphatic heterocycles. The van der Waals surface area contributed by atoms with Gasteiger partial charge in [-0.2, -0.15) is 0 Å². The summed E-state index contributed by atoms with van der Waals surface area (Å²) < 4.78 is 5.12. The third-order valence-electron chi connectivity index (χ3n) is 2.43. The van der Waals surface area contributed by atoms with Crippen molar-refractivity contribution < 1.29 is 14.4 Å². The molecule has 5 heteroatoms. The molecule has 0 saturated carbocycles. The molecule has 2 rings (SSSR count). The van der Waals surface area contributed by atoms with E-state index in [0.717, 1.165) is 5.39 Å². The van der Waals surface area contributed by atoms with Crippen molar-refractivity contribution in [2.75, 3.05) is 0 Å². The molecule has 1 aromatic heterocycles. The quantitative estimate of drug-likeness (QED) is 0.895. The normalized spacial score (nSPS) is 12.9. The van der Waals surface area contributed by atoms with Crippen LogP contribution >= 0.6 is 11.6 Å².